The van der Waals surface area contributed by atoms with Crippen LogP contribution in [-0.2, 0) is 0 Å². The van der Waals surface area contributed by atoms with Crippen LogP contribution in [0, 0.1) is 20.2 Å². The molecule has 0 rings (SSSR count). The van der Waals surface area contributed by atoms with E-state index in [1.807, 2.05) is 0 Å². The average Bonchev–Trinajstić information content (AvgIpc) is 1.96. The van der Waals surface area contributed by atoms with E-state index in [1.54, 1.807) is 0 Å². The first-order valence-electron chi connectivity index (χ1n) is 3.09. The molecule has 0 bridgehead atoms. The fraction of sp³-hybridized carbons (Fsp3) is 1.00. The highest BCUT2D eigenvalue weighted by Crippen LogP contribution is 2.11. The Hall–Kier alpha value is -0.500. The number of nitro groups is 2. The minimum absolute atomic E-state index is 0.0342. The average molecular weight is 212 g/mol. The monoisotopic (exact) mass is 212 g/mol. The highest BCUT2D eigenvalue weighted by Gasteiger charge is 2.21. The molecule has 0 spiro atoms. The molecule has 0 aliphatic rings. The summed E-state index contributed by atoms with van der Waals surface area (Å²) in [4.78, 5) is 19.1. The van der Waals surface area contributed by atoms with Crippen molar-refractivity contribution in [3.05, 3.63) is 20.2 Å². The summed E-state index contributed by atoms with van der Waals surface area (Å²) in [6.45, 7) is -0.361. The second-order valence-corrected chi connectivity index (χ2v) is 3.45. The molecule has 0 heterocycles. The van der Waals surface area contributed by atoms with Crippen molar-refractivity contribution in [2.75, 3.05) is 12.3 Å². The van der Waals surface area contributed by atoms with Crippen LogP contribution in [0.2, 0.25) is 0 Å². The molecule has 0 aliphatic heterocycles. The van der Waals surface area contributed by atoms with E-state index in [0.29, 0.717) is 0 Å². The van der Waals surface area contributed by atoms with Crippen LogP contribution in [0.15, 0.2) is 0 Å². The predicted octanol–water partition coefficient (Wildman–Crippen LogP) is 0.876. The first-order valence-corrected chi connectivity index (χ1v) is 5.13. The van der Waals surface area contributed by atoms with Crippen LogP contribution in [0.5, 0.6) is 0 Å². The lowest BCUT2D eigenvalue weighted by Crippen LogP contribution is -2.24. The van der Waals surface area contributed by atoms with Crippen molar-refractivity contribution in [3.63, 3.8) is 0 Å². The summed E-state index contributed by atoms with van der Waals surface area (Å²) in [5, 5.41) is 20.1. The fourth-order valence-corrected chi connectivity index (χ4v) is 1.57. The number of thiol groups is 1. The van der Waals surface area contributed by atoms with Crippen LogP contribution in [0.4, 0.5) is 0 Å². The first kappa shape index (κ1) is 11.5. The summed E-state index contributed by atoms with van der Waals surface area (Å²) < 4.78 is 0. The minimum Gasteiger partial charge on any atom is -0.265 e. The predicted molar refractivity (Wildman–Crippen MR) is 48.7 cm³/mol. The Morgan fingerprint density at radius 1 is 1.42 bits per heavy atom. The zero-order chi connectivity index (χ0) is 9.56. The summed E-state index contributed by atoms with van der Waals surface area (Å²) in [5.41, 5.74) is 0. The molecule has 0 aromatic carbocycles. The third kappa shape index (κ3) is 5.19. The molecule has 0 amide bonds. The van der Waals surface area contributed by atoms with Crippen molar-refractivity contribution in [1.29, 1.82) is 0 Å². The van der Waals surface area contributed by atoms with Gasteiger partial charge in [-0.1, -0.05) is 10.8 Å². The van der Waals surface area contributed by atoms with Crippen molar-refractivity contribution < 1.29 is 9.85 Å². The second-order valence-electron chi connectivity index (χ2n) is 2.08. The van der Waals surface area contributed by atoms with E-state index in [1.165, 1.54) is 0 Å². The molecular formula is C4H8N2O4S2. The fourth-order valence-electron chi connectivity index (χ4n) is 0.590. The van der Waals surface area contributed by atoms with Gasteiger partial charge in [0.15, 0.2) is 0 Å². The Labute approximate surface area is 77.8 Å². The lowest BCUT2D eigenvalue weighted by molar-refractivity contribution is -0.536. The van der Waals surface area contributed by atoms with Crippen LogP contribution < -0.4 is 0 Å². The Morgan fingerprint density at radius 3 is 2.33 bits per heavy atom. The van der Waals surface area contributed by atoms with E-state index in [2.05, 4.69) is 11.7 Å². The maximum Gasteiger partial charge on any atom is 0.229 e. The number of nitrogens with zero attached hydrogens (tertiary/aromatic N) is 2. The van der Waals surface area contributed by atoms with Crippen LogP contribution in [0.3, 0.4) is 0 Å². The largest absolute Gasteiger partial charge is 0.265 e. The Morgan fingerprint density at radius 2 is 2.00 bits per heavy atom. The van der Waals surface area contributed by atoms with Crippen molar-refractivity contribution in [1.82, 2.24) is 0 Å². The SMILES string of the molecule is O=[N+]([O-])CCC(CSS)[N+](=O)[O-]. The highest BCUT2D eigenvalue weighted by molar-refractivity contribution is 8.68. The van der Waals surface area contributed by atoms with Gasteiger partial charge in [-0.2, -0.15) is 0 Å². The van der Waals surface area contributed by atoms with Gasteiger partial charge in [-0.05, 0) is 0 Å². The van der Waals surface area contributed by atoms with Crippen molar-refractivity contribution in [2.24, 2.45) is 0 Å². The second kappa shape index (κ2) is 6.06. The molecule has 1 unspecified atom stereocenters. The van der Waals surface area contributed by atoms with E-state index in [4.69, 9.17) is 0 Å². The lowest BCUT2D eigenvalue weighted by atomic mass is 10.2. The molecule has 0 saturated heterocycles. The van der Waals surface area contributed by atoms with Gasteiger partial charge in [-0.15, -0.1) is 11.7 Å². The Bertz CT molecular complexity index is 176. The van der Waals surface area contributed by atoms with Gasteiger partial charge < -0.3 is 0 Å². The molecule has 0 saturated carbocycles. The van der Waals surface area contributed by atoms with E-state index in [9.17, 15) is 20.2 Å². The van der Waals surface area contributed by atoms with Crippen molar-refractivity contribution in [3.8, 4) is 0 Å². The highest BCUT2D eigenvalue weighted by atomic mass is 33.1. The van der Waals surface area contributed by atoms with Gasteiger partial charge in [0.1, 0.15) is 0 Å². The van der Waals surface area contributed by atoms with Gasteiger partial charge in [0.25, 0.3) is 0 Å². The normalized spacial score (nSPS) is 12.4. The van der Waals surface area contributed by atoms with Crippen LogP contribution >= 0.6 is 22.5 Å². The van der Waals surface area contributed by atoms with Gasteiger partial charge in [-0.3, -0.25) is 20.2 Å². The molecule has 0 N–H and O–H groups in total. The molecule has 1 atom stereocenters. The molecule has 0 aromatic heterocycles. The van der Waals surface area contributed by atoms with E-state index in [-0.39, 0.29) is 18.7 Å². The topological polar surface area (TPSA) is 86.3 Å². The molecule has 0 radical (unpaired) electrons. The van der Waals surface area contributed by atoms with E-state index in [0.717, 1.165) is 10.8 Å². The van der Waals surface area contributed by atoms with Crippen LogP contribution in [0.25, 0.3) is 0 Å². The van der Waals surface area contributed by atoms with Crippen molar-refractivity contribution in [2.45, 2.75) is 12.5 Å². The first-order chi connectivity index (χ1) is 5.57. The van der Waals surface area contributed by atoms with Gasteiger partial charge in [-0.25, -0.2) is 0 Å². The zero-order valence-electron chi connectivity index (χ0n) is 6.08. The van der Waals surface area contributed by atoms with Gasteiger partial charge in [0.05, 0.1) is 12.2 Å². The summed E-state index contributed by atoms with van der Waals surface area (Å²) >= 11 is 3.74. The Balaban J connectivity index is 3.79. The summed E-state index contributed by atoms with van der Waals surface area (Å²) in [7, 11) is 1.02. The van der Waals surface area contributed by atoms with Crippen LogP contribution in [-0.4, -0.2) is 28.2 Å². The lowest BCUT2D eigenvalue weighted by Gasteiger charge is -2.03. The maximum absolute atomic E-state index is 10.2. The molecule has 0 fully saturated rings. The standard InChI is InChI=1S/C4H8N2O4S2/c7-5(8)2-1-4(3-12-11)6(9)10/h4,11H,1-3H2. The summed E-state index contributed by atoms with van der Waals surface area (Å²) in [6, 6.07) is -0.863. The Kier molecular flexibility index (Phi) is 5.81. The molecule has 0 aromatic rings. The molecule has 6 nitrogen and oxygen atoms in total. The number of rotatable bonds is 6. The quantitative estimate of drug-likeness (QED) is 0.305. The summed E-state index contributed by atoms with van der Waals surface area (Å²) in [5.74, 6) is 0.198. The molecule has 0 aliphatic carbocycles. The molecule has 70 valence electrons. The smallest absolute Gasteiger partial charge is 0.229 e. The minimum atomic E-state index is -0.863. The third-order valence-electron chi connectivity index (χ3n) is 1.21. The number of hydrogen-bond donors (Lipinski definition) is 1. The van der Waals surface area contributed by atoms with Gasteiger partial charge in [0.2, 0.25) is 12.6 Å². The van der Waals surface area contributed by atoms with Gasteiger partial charge >= 0.3 is 0 Å². The van der Waals surface area contributed by atoms with Crippen molar-refractivity contribution >= 4 is 22.5 Å². The third-order valence-corrected chi connectivity index (χ3v) is 2.19. The van der Waals surface area contributed by atoms with Gasteiger partial charge in [0, 0.05) is 9.85 Å². The molecule has 8 heteroatoms. The number of hydrogen-bond acceptors (Lipinski definition) is 6. The molecule has 12 heavy (non-hydrogen) atoms. The van der Waals surface area contributed by atoms with Crippen LogP contribution in [0.1, 0.15) is 6.42 Å². The maximum atomic E-state index is 10.2. The zero-order valence-corrected chi connectivity index (χ0v) is 7.79. The molecular weight excluding hydrogens is 204 g/mol. The van der Waals surface area contributed by atoms with E-state index < -0.39 is 15.9 Å². The van der Waals surface area contributed by atoms with E-state index >= 15 is 0 Å². The summed E-state index contributed by atoms with van der Waals surface area (Å²) in [6.07, 6.45) is -0.0342.